The van der Waals surface area contributed by atoms with Gasteiger partial charge in [-0.2, -0.15) is 0 Å². The first-order valence-corrected chi connectivity index (χ1v) is 5.31. The van der Waals surface area contributed by atoms with E-state index in [4.69, 9.17) is 0 Å². The van der Waals surface area contributed by atoms with Crippen LogP contribution in [0, 0.1) is 0 Å². The molecule has 0 unspecified atom stereocenters. The normalized spacial score (nSPS) is 15.2. The maximum Gasteiger partial charge on any atom is 0.346 e. The summed E-state index contributed by atoms with van der Waals surface area (Å²) in [5.41, 5.74) is -0.0492. The van der Waals surface area contributed by atoms with Crippen molar-refractivity contribution in [3.63, 3.8) is 0 Å². The first-order valence-electron chi connectivity index (χ1n) is 5.31. The summed E-state index contributed by atoms with van der Waals surface area (Å²) in [6, 6.07) is 0. The molecule has 0 aromatic heterocycles. The molecule has 0 aromatic carbocycles. The summed E-state index contributed by atoms with van der Waals surface area (Å²) >= 11 is 0. The maximum absolute atomic E-state index is 11.4. The molecule has 1 saturated heterocycles. The van der Waals surface area contributed by atoms with Crippen molar-refractivity contribution in [2.45, 2.75) is 19.3 Å². The molecule has 1 rings (SSSR count). The first-order chi connectivity index (χ1) is 7.69. The topological polar surface area (TPSA) is 55.8 Å². The Labute approximate surface area is 95.0 Å². The van der Waals surface area contributed by atoms with E-state index in [1.165, 1.54) is 26.8 Å². The van der Waals surface area contributed by atoms with Gasteiger partial charge in [0.05, 0.1) is 14.2 Å². The molecular weight excluding hydrogens is 210 g/mol. The third kappa shape index (κ3) is 3.25. The zero-order valence-electron chi connectivity index (χ0n) is 9.69. The Kier molecular flexibility index (Phi) is 4.82. The van der Waals surface area contributed by atoms with Crippen LogP contribution in [0.5, 0.6) is 0 Å². The molecular formula is C11H17NO4. The van der Waals surface area contributed by atoms with Gasteiger partial charge in [-0.15, -0.1) is 0 Å². The number of methoxy groups -OCH3 is 2. The summed E-state index contributed by atoms with van der Waals surface area (Å²) in [5.74, 6) is -1.31. The lowest BCUT2D eigenvalue weighted by molar-refractivity contribution is -0.144. The van der Waals surface area contributed by atoms with Crippen LogP contribution in [0.1, 0.15) is 19.3 Å². The highest BCUT2D eigenvalue weighted by Crippen LogP contribution is 2.11. The molecule has 0 atom stereocenters. The Balaban J connectivity index is 2.77. The number of likely N-dealkylation sites (tertiary alicyclic amines) is 1. The number of rotatable bonds is 3. The first kappa shape index (κ1) is 12.5. The molecule has 1 fully saturated rings. The van der Waals surface area contributed by atoms with Crippen LogP contribution in [-0.2, 0) is 19.1 Å². The molecule has 0 spiro atoms. The monoisotopic (exact) mass is 227 g/mol. The van der Waals surface area contributed by atoms with Crippen molar-refractivity contribution in [3.05, 3.63) is 11.8 Å². The molecule has 0 aliphatic carbocycles. The lowest BCUT2D eigenvalue weighted by Crippen LogP contribution is -2.27. The van der Waals surface area contributed by atoms with E-state index < -0.39 is 11.9 Å². The second-order valence-electron chi connectivity index (χ2n) is 3.62. The van der Waals surface area contributed by atoms with E-state index in [-0.39, 0.29) is 5.57 Å². The fraction of sp³-hybridized carbons (Fsp3) is 0.636. The maximum atomic E-state index is 11.4. The quantitative estimate of drug-likeness (QED) is 0.307. The zero-order valence-corrected chi connectivity index (χ0v) is 9.69. The lowest BCUT2D eigenvalue weighted by atomic mass is 10.1. The molecule has 1 aliphatic rings. The summed E-state index contributed by atoms with van der Waals surface area (Å²) in [6.07, 6.45) is 4.88. The molecule has 0 bridgehead atoms. The minimum atomic E-state index is -0.655. The van der Waals surface area contributed by atoms with Crippen molar-refractivity contribution >= 4 is 11.9 Å². The zero-order chi connectivity index (χ0) is 12.0. The van der Waals surface area contributed by atoms with Gasteiger partial charge in [-0.05, 0) is 19.3 Å². The van der Waals surface area contributed by atoms with Crippen LogP contribution < -0.4 is 0 Å². The Bertz CT molecular complexity index is 274. The van der Waals surface area contributed by atoms with E-state index in [0.717, 1.165) is 25.9 Å². The van der Waals surface area contributed by atoms with Gasteiger partial charge < -0.3 is 14.4 Å². The summed E-state index contributed by atoms with van der Waals surface area (Å²) in [5, 5.41) is 0. The molecule has 0 aromatic rings. The van der Waals surface area contributed by atoms with Crippen molar-refractivity contribution in [2.24, 2.45) is 0 Å². The van der Waals surface area contributed by atoms with Gasteiger partial charge in [0.2, 0.25) is 0 Å². The summed E-state index contributed by atoms with van der Waals surface area (Å²) in [7, 11) is 2.49. The molecule has 0 amide bonds. The van der Waals surface area contributed by atoms with Crippen molar-refractivity contribution in [1.82, 2.24) is 4.90 Å². The molecule has 1 heterocycles. The van der Waals surface area contributed by atoms with Crippen molar-refractivity contribution in [1.29, 1.82) is 0 Å². The predicted octanol–water partition coefficient (Wildman–Crippen LogP) is 0.702. The number of hydrogen-bond donors (Lipinski definition) is 0. The van der Waals surface area contributed by atoms with Gasteiger partial charge in [-0.3, -0.25) is 0 Å². The lowest BCUT2D eigenvalue weighted by Gasteiger charge is -2.25. The fourth-order valence-electron chi connectivity index (χ4n) is 1.64. The Morgan fingerprint density at radius 2 is 1.50 bits per heavy atom. The number of hydrogen-bond acceptors (Lipinski definition) is 5. The predicted molar refractivity (Wildman–Crippen MR) is 57.5 cm³/mol. The van der Waals surface area contributed by atoms with Crippen LogP contribution in [0.25, 0.3) is 0 Å². The molecule has 5 nitrogen and oxygen atoms in total. The van der Waals surface area contributed by atoms with Gasteiger partial charge in [-0.25, -0.2) is 9.59 Å². The minimum Gasteiger partial charge on any atom is -0.465 e. The highest BCUT2D eigenvalue weighted by Gasteiger charge is 2.21. The smallest absolute Gasteiger partial charge is 0.346 e. The third-order valence-corrected chi connectivity index (χ3v) is 2.51. The van der Waals surface area contributed by atoms with Crippen molar-refractivity contribution in [3.8, 4) is 0 Å². The highest BCUT2D eigenvalue weighted by atomic mass is 16.5. The molecule has 0 radical (unpaired) electrons. The number of nitrogens with zero attached hydrogens (tertiary/aromatic N) is 1. The molecule has 16 heavy (non-hydrogen) atoms. The van der Waals surface area contributed by atoms with Crippen LogP contribution in [0.15, 0.2) is 11.8 Å². The van der Waals surface area contributed by atoms with Gasteiger partial charge >= 0.3 is 11.9 Å². The Morgan fingerprint density at radius 3 is 1.94 bits per heavy atom. The molecule has 0 saturated carbocycles. The van der Waals surface area contributed by atoms with E-state index in [1.54, 1.807) is 0 Å². The number of esters is 2. The summed E-state index contributed by atoms with van der Waals surface area (Å²) in [6.45, 7) is 1.72. The van der Waals surface area contributed by atoms with Crippen LogP contribution >= 0.6 is 0 Å². The second kappa shape index (κ2) is 6.15. The molecule has 5 heteroatoms. The van der Waals surface area contributed by atoms with Crippen LogP contribution in [0.2, 0.25) is 0 Å². The van der Waals surface area contributed by atoms with Gasteiger partial charge in [0, 0.05) is 19.3 Å². The van der Waals surface area contributed by atoms with Gasteiger partial charge in [0.25, 0.3) is 0 Å². The average Bonchev–Trinajstić information content (AvgIpc) is 2.35. The standard InChI is InChI=1S/C11H17NO4/c1-15-10(13)9(11(14)16-2)8-12-6-4-3-5-7-12/h8H,3-7H2,1-2H3. The number of ether oxygens (including phenoxy) is 2. The summed E-state index contributed by atoms with van der Waals surface area (Å²) in [4.78, 5) is 24.7. The number of carbonyl (C=O) groups excluding carboxylic acids is 2. The molecule has 0 N–H and O–H groups in total. The van der Waals surface area contributed by atoms with Crippen molar-refractivity contribution in [2.75, 3.05) is 27.3 Å². The number of carbonyl (C=O) groups is 2. The van der Waals surface area contributed by atoms with E-state index in [2.05, 4.69) is 9.47 Å². The van der Waals surface area contributed by atoms with E-state index in [0.29, 0.717) is 0 Å². The van der Waals surface area contributed by atoms with E-state index in [9.17, 15) is 9.59 Å². The molecule has 90 valence electrons. The largest absolute Gasteiger partial charge is 0.465 e. The third-order valence-electron chi connectivity index (χ3n) is 2.51. The SMILES string of the molecule is COC(=O)C(=CN1CCCCC1)C(=O)OC. The Hall–Kier alpha value is -1.52. The van der Waals surface area contributed by atoms with Crippen LogP contribution in [0.4, 0.5) is 0 Å². The van der Waals surface area contributed by atoms with Crippen LogP contribution in [-0.4, -0.2) is 44.1 Å². The van der Waals surface area contributed by atoms with Crippen LogP contribution in [0.3, 0.4) is 0 Å². The summed E-state index contributed by atoms with van der Waals surface area (Å²) < 4.78 is 9.08. The van der Waals surface area contributed by atoms with Gasteiger partial charge in [-0.1, -0.05) is 0 Å². The fourth-order valence-corrected chi connectivity index (χ4v) is 1.64. The minimum absolute atomic E-state index is 0.0492. The second-order valence-corrected chi connectivity index (χ2v) is 3.62. The average molecular weight is 227 g/mol. The van der Waals surface area contributed by atoms with Crippen molar-refractivity contribution < 1.29 is 19.1 Å². The van der Waals surface area contributed by atoms with E-state index >= 15 is 0 Å². The van der Waals surface area contributed by atoms with Gasteiger partial charge in [0.1, 0.15) is 0 Å². The molecule has 1 aliphatic heterocycles. The van der Waals surface area contributed by atoms with Gasteiger partial charge in [0.15, 0.2) is 5.57 Å². The Morgan fingerprint density at radius 1 is 1.00 bits per heavy atom. The highest BCUT2D eigenvalue weighted by molar-refractivity contribution is 6.13. The number of piperidine rings is 1. The van der Waals surface area contributed by atoms with E-state index in [1.807, 2.05) is 4.90 Å².